The van der Waals surface area contributed by atoms with Gasteiger partial charge in [0.05, 0.1) is 13.2 Å². The van der Waals surface area contributed by atoms with E-state index < -0.39 is 6.09 Å². The van der Waals surface area contributed by atoms with Gasteiger partial charge in [-0.2, -0.15) is 0 Å². The highest BCUT2D eigenvalue weighted by Crippen LogP contribution is 2.39. The maximum Gasteiger partial charge on any atom is 0.407 e. The highest BCUT2D eigenvalue weighted by atomic mass is 16.5. The van der Waals surface area contributed by atoms with Gasteiger partial charge in [0.2, 0.25) is 0 Å². The van der Waals surface area contributed by atoms with Gasteiger partial charge in [-0.15, -0.1) is 0 Å². The Morgan fingerprint density at radius 1 is 1.06 bits per heavy atom. The molecule has 6 nitrogen and oxygen atoms in total. The number of ether oxygens (including phenoxy) is 1. The third kappa shape index (κ3) is 2.32. The van der Waals surface area contributed by atoms with Crippen molar-refractivity contribution < 1.29 is 14.6 Å². The zero-order valence-electron chi connectivity index (χ0n) is 10.7. The molecular formula is C12H21N3O3. The predicted molar refractivity (Wildman–Crippen MR) is 65.7 cm³/mol. The summed E-state index contributed by atoms with van der Waals surface area (Å²) in [5.74, 6) is 0. The first-order chi connectivity index (χ1) is 8.67. The van der Waals surface area contributed by atoms with E-state index in [2.05, 4.69) is 9.80 Å². The van der Waals surface area contributed by atoms with E-state index in [-0.39, 0.29) is 0 Å². The fraction of sp³-hybridized carbons (Fsp3) is 0.917. The van der Waals surface area contributed by atoms with Crippen LogP contribution in [0.4, 0.5) is 4.79 Å². The molecule has 0 aromatic carbocycles. The highest BCUT2D eigenvalue weighted by molar-refractivity contribution is 5.66. The molecule has 1 spiro atoms. The van der Waals surface area contributed by atoms with Crippen LogP contribution in [0.5, 0.6) is 0 Å². The van der Waals surface area contributed by atoms with E-state index in [9.17, 15) is 4.79 Å². The second-order valence-electron chi connectivity index (χ2n) is 5.80. The number of carboxylic acid groups (broad SMARTS) is 1. The number of nitrogens with zero attached hydrogens (tertiary/aromatic N) is 3. The van der Waals surface area contributed by atoms with Gasteiger partial charge in [-0.1, -0.05) is 0 Å². The lowest BCUT2D eigenvalue weighted by Crippen LogP contribution is -2.73. The van der Waals surface area contributed by atoms with Crippen LogP contribution in [-0.4, -0.2) is 91.5 Å². The number of hydrogen-bond acceptors (Lipinski definition) is 4. The van der Waals surface area contributed by atoms with E-state index in [1.54, 1.807) is 0 Å². The molecule has 0 radical (unpaired) electrons. The van der Waals surface area contributed by atoms with Crippen molar-refractivity contribution in [1.82, 2.24) is 14.7 Å². The van der Waals surface area contributed by atoms with E-state index in [4.69, 9.17) is 9.84 Å². The van der Waals surface area contributed by atoms with Gasteiger partial charge < -0.3 is 19.6 Å². The van der Waals surface area contributed by atoms with E-state index in [1.165, 1.54) is 4.90 Å². The summed E-state index contributed by atoms with van der Waals surface area (Å²) >= 11 is 0. The lowest BCUT2D eigenvalue weighted by atomic mass is 9.73. The standard InChI is InChI=1S/C12H21N3O3/c16-11(17)15-9-12(10-15)7-14(8-12)2-1-13-3-5-18-6-4-13/h1-10H2,(H,16,17). The first-order valence-corrected chi connectivity index (χ1v) is 6.67. The van der Waals surface area contributed by atoms with Crippen LogP contribution in [0.2, 0.25) is 0 Å². The predicted octanol–water partition coefficient (Wildman–Crippen LogP) is -0.386. The fourth-order valence-electron chi connectivity index (χ4n) is 3.27. The van der Waals surface area contributed by atoms with E-state index in [1.807, 2.05) is 0 Å². The molecule has 3 aliphatic rings. The molecular weight excluding hydrogens is 234 g/mol. The van der Waals surface area contributed by atoms with Crippen LogP contribution < -0.4 is 0 Å². The summed E-state index contributed by atoms with van der Waals surface area (Å²) in [5, 5.41) is 8.82. The summed E-state index contributed by atoms with van der Waals surface area (Å²) in [4.78, 5) is 17.1. The summed E-state index contributed by atoms with van der Waals surface area (Å²) in [6.45, 7) is 9.64. The number of morpholine rings is 1. The Hall–Kier alpha value is -0.850. The lowest BCUT2D eigenvalue weighted by Gasteiger charge is -2.59. The highest BCUT2D eigenvalue weighted by Gasteiger charge is 2.52. The molecule has 1 N–H and O–H groups in total. The molecule has 0 unspecified atom stereocenters. The quantitative estimate of drug-likeness (QED) is 0.744. The van der Waals surface area contributed by atoms with Gasteiger partial charge in [0.1, 0.15) is 0 Å². The summed E-state index contributed by atoms with van der Waals surface area (Å²) in [6, 6.07) is 0. The minimum Gasteiger partial charge on any atom is -0.465 e. The van der Waals surface area contributed by atoms with Crippen LogP contribution >= 0.6 is 0 Å². The zero-order chi connectivity index (χ0) is 12.6. The van der Waals surface area contributed by atoms with Crippen molar-refractivity contribution in [3.63, 3.8) is 0 Å². The fourth-order valence-corrected chi connectivity index (χ4v) is 3.27. The molecule has 0 atom stereocenters. The number of carbonyl (C=O) groups is 1. The SMILES string of the molecule is O=C(O)N1CC2(CN(CCN3CCOCC3)C2)C1. The normalized spacial score (nSPS) is 27.9. The van der Waals surface area contributed by atoms with Crippen molar-refractivity contribution in [3.05, 3.63) is 0 Å². The van der Waals surface area contributed by atoms with Crippen LogP contribution in [0.15, 0.2) is 0 Å². The van der Waals surface area contributed by atoms with Gasteiger partial charge in [-0.05, 0) is 0 Å². The van der Waals surface area contributed by atoms with Gasteiger partial charge in [0.25, 0.3) is 0 Å². The lowest BCUT2D eigenvalue weighted by molar-refractivity contribution is -0.104. The molecule has 18 heavy (non-hydrogen) atoms. The largest absolute Gasteiger partial charge is 0.465 e. The molecule has 3 heterocycles. The van der Waals surface area contributed by atoms with Crippen molar-refractivity contribution in [1.29, 1.82) is 0 Å². The van der Waals surface area contributed by atoms with Crippen LogP contribution in [0.25, 0.3) is 0 Å². The van der Waals surface area contributed by atoms with E-state index in [0.29, 0.717) is 5.41 Å². The Bertz CT molecular complexity index is 317. The minimum atomic E-state index is -0.771. The molecule has 0 aromatic heterocycles. The van der Waals surface area contributed by atoms with Crippen molar-refractivity contribution in [2.45, 2.75) is 0 Å². The Balaban J connectivity index is 1.32. The monoisotopic (exact) mass is 255 g/mol. The topological polar surface area (TPSA) is 56.2 Å². The van der Waals surface area contributed by atoms with Gasteiger partial charge in [-0.3, -0.25) is 4.90 Å². The van der Waals surface area contributed by atoms with Crippen LogP contribution in [0.3, 0.4) is 0 Å². The summed E-state index contributed by atoms with van der Waals surface area (Å²) in [5.41, 5.74) is 0.295. The average molecular weight is 255 g/mol. The van der Waals surface area contributed by atoms with Gasteiger partial charge in [0, 0.05) is 57.8 Å². The molecule has 0 aliphatic carbocycles. The third-order valence-corrected chi connectivity index (χ3v) is 4.28. The minimum absolute atomic E-state index is 0.295. The van der Waals surface area contributed by atoms with Crippen LogP contribution in [0.1, 0.15) is 0 Å². The smallest absolute Gasteiger partial charge is 0.407 e. The molecule has 0 aromatic rings. The third-order valence-electron chi connectivity index (χ3n) is 4.28. The number of amides is 1. The molecule has 0 saturated carbocycles. The van der Waals surface area contributed by atoms with E-state index >= 15 is 0 Å². The summed E-state index contributed by atoms with van der Waals surface area (Å²) in [7, 11) is 0. The second-order valence-corrected chi connectivity index (χ2v) is 5.80. The Morgan fingerprint density at radius 3 is 2.28 bits per heavy atom. The molecule has 3 rings (SSSR count). The molecule has 3 aliphatic heterocycles. The van der Waals surface area contributed by atoms with Gasteiger partial charge in [-0.25, -0.2) is 4.79 Å². The van der Waals surface area contributed by atoms with Crippen molar-refractivity contribution in [3.8, 4) is 0 Å². The van der Waals surface area contributed by atoms with Crippen LogP contribution in [-0.2, 0) is 4.74 Å². The summed E-state index contributed by atoms with van der Waals surface area (Å²) < 4.78 is 5.32. The molecule has 1 amide bonds. The van der Waals surface area contributed by atoms with Crippen LogP contribution in [0, 0.1) is 5.41 Å². The molecule has 6 heteroatoms. The molecule has 102 valence electrons. The zero-order valence-corrected chi connectivity index (χ0v) is 10.7. The molecule has 0 bridgehead atoms. The Kier molecular flexibility index (Phi) is 3.17. The van der Waals surface area contributed by atoms with Crippen molar-refractivity contribution in [2.75, 3.05) is 65.6 Å². The van der Waals surface area contributed by atoms with Crippen molar-refractivity contribution >= 4 is 6.09 Å². The van der Waals surface area contributed by atoms with Gasteiger partial charge >= 0.3 is 6.09 Å². The van der Waals surface area contributed by atoms with Gasteiger partial charge in [0.15, 0.2) is 0 Å². The maximum absolute atomic E-state index is 10.7. The number of hydrogen-bond donors (Lipinski definition) is 1. The first kappa shape index (κ1) is 12.2. The molecule has 3 fully saturated rings. The first-order valence-electron chi connectivity index (χ1n) is 6.67. The Morgan fingerprint density at radius 2 is 1.67 bits per heavy atom. The summed E-state index contributed by atoms with van der Waals surface area (Å²) in [6.07, 6.45) is -0.771. The maximum atomic E-state index is 10.7. The molecule has 3 saturated heterocycles. The van der Waals surface area contributed by atoms with Crippen molar-refractivity contribution in [2.24, 2.45) is 5.41 Å². The van der Waals surface area contributed by atoms with E-state index in [0.717, 1.165) is 65.6 Å². The number of likely N-dealkylation sites (tertiary alicyclic amines) is 2. The second kappa shape index (κ2) is 4.68. The number of rotatable bonds is 3. The Labute approximate surface area is 107 Å². The average Bonchev–Trinajstić information content (AvgIpc) is 2.25.